The van der Waals surface area contributed by atoms with Crippen LogP contribution in [0, 0.1) is 5.92 Å². The number of nitrogens with two attached hydrogens (primary N) is 1. The molecule has 3 N–H and O–H groups in total. The van der Waals surface area contributed by atoms with Gasteiger partial charge in [-0.15, -0.1) is 12.4 Å². The van der Waals surface area contributed by atoms with Crippen LogP contribution >= 0.6 is 12.4 Å². The summed E-state index contributed by atoms with van der Waals surface area (Å²) in [5, 5.41) is 3.03. The number of nitrogens with one attached hydrogen (secondary N) is 1. The Morgan fingerprint density at radius 2 is 2.17 bits per heavy atom. The van der Waals surface area contributed by atoms with Crippen molar-refractivity contribution in [2.45, 2.75) is 32.7 Å². The molecule has 1 amide bonds. The summed E-state index contributed by atoms with van der Waals surface area (Å²) >= 11 is 0. The summed E-state index contributed by atoms with van der Waals surface area (Å²) in [5.74, 6) is 0.434. The van der Waals surface area contributed by atoms with Gasteiger partial charge in [-0.2, -0.15) is 0 Å². The van der Waals surface area contributed by atoms with Crippen molar-refractivity contribution in [2.75, 3.05) is 6.54 Å². The third-order valence-corrected chi connectivity index (χ3v) is 2.90. The van der Waals surface area contributed by atoms with Gasteiger partial charge in [0.2, 0.25) is 0 Å². The van der Waals surface area contributed by atoms with E-state index in [2.05, 4.69) is 19.2 Å². The molecule has 1 aromatic rings. The summed E-state index contributed by atoms with van der Waals surface area (Å²) in [6, 6.07) is 3.67. The maximum Gasteiger partial charge on any atom is 0.268 e. The highest BCUT2D eigenvalue weighted by atomic mass is 35.5. The Labute approximate surface area is 115 Å². The lowest BCUT2D eigenvalue weighted by atomic mass is 9.90. The molecule has 4 nitrogen and oxygen atoms in total. The summed E-state index contributed by atoms with van der Waals surface area (Å²) in [5.41, 5.74) is 6.10. The van der Waals surface area contributed by atoms with Gasteiger partial charge in [0.15, 0.2) is 0 Å². The van der Waals surface area contributed by atoms with Crippen LogP contribution < -0.4 is 11.1 Å². The van der Waals surface area contributed by atoms with E-state index in [9.17, 15) is 4.79 Å². The number of carbonyl (C=O) groups excluding carboxylic acids is 1. The van der Waals surface area contributed by atoms with E-state index in [1.54, 1.807) is 0 Å². The quantitative estimate of drug-likeness (QED) is 0.861. The van der Waals surface area contributed by atoms with Gasteiger partial charge in [0.1, 0.15) is 5.69 Å². The molecule has 1 rings (SSSR count). The molecule has 1 unspecified atom stereocenters. The fourth-order valence-electron chi connectivity index (χ4n) is 2.12. The molecule has 104 valence electrons. The molecule has 0 bridgehead atoms. The van der Waals surface area contributed by atoms with Crippen LogP contribution in [-0.2, 0) is 7.05 Å². The minimum atomic E-state index is -0.338. The first-order chi connectivity index (χ1) is 7.88. The molecule has 1 atom stereocenters. The van der Waals surface area contributed by atoms with Crippen LogP contribution in [0.2, 0.25) is 0 Å². The van der Waals surface area contributed by atoms with Gasteiger partial charge in [-0.1, -0.05) is 13.8 Å². The summed E-state index contributed by atoms with van der Waals surface area (Å²) in [7, 11) is 1.86. The van der Waals surface area contributed by atoms with E-state index in [0.717, 1.165) is 6.42 Å². The molecule has 0 aliphatic carbocycles. The van der Waals surface area contributed by atoms with Crippen molar-refractivity contribution in [3.63, 3.8) is 0 Å². The maximum absolute atomic E-state index is 12.1. The monoisotopic (exact) mass is 273 g/mol. The highest BCUT2D eigenvalue weighted by Crippen LogP contribution is 2.16. The van der Waals surface area contributed by atoms with E-state index in [0.29, 0.717) is 18.2 Å². The van der Waals surface area contributed by atoms with Crippen molar-refractivity contribution >= 4 is 18.3 Å². The zero-order chi connectivity index (χ0) is 13.1. The van der Waals surface area contributed by atoms with Crippen molar-refractivity contribution in [3.8, 4) is 0 Å². The minimum absolute atomic E-state index is 0. The number of carbonyl (C=O) groups is 1. The SMILES string of the molecule is CC(C)CC(C)(CN)NC(=O)c1cccn1C.Cl. The zero-order valence-electron chi connectivity index (χ0n) is 11.6. The molecule has 0 radical (unpaired) electrons. The first kappa shape index (κ1) is 17.0. The molecule has 1 heterocycles. The van der Waals surface area contributed by atoms with Crippen molar-refractivity contribution in [3.05, 3.63) is 24.0 Å². The van der Waals surface area contributed by atoms with E-state index in [-0.39, 0.29) is 23.9 Å². The molecule has 0 fully saturated rings. The zero-order valence-corrected chi connectivity index (χ0v) is 12.4. The Morgan fingerprint density at radius 1 is 1.56 bits per heavy atom. The number of hydrogen-bond acceptors (Lipinski definition) is 2. The van der Waals surface area contributed by atoms with E-state index in [1.165, 1.54) is 0 Å². The highest BCUT2D eigenvalue weighted by molar-refractivity contribution is 5.93. The van der Waals surface area contributed by atoms with Gasteiger partial charge in [-0.3, -0.25) is 4.79 Å². The molecule has 5 heteroatoms. The number of nitrogens with zero attached hydrogens (tertiary/aromatic N) is 1. The third kappa shape index (κ3) is 4.35. The Morgan fingerprint density at radius 3 is 2.56 bits per heavy atom. The molecule has 1 aromatic heterocycles. The molecule has 0 spiro atoms. The average Bonchev–Trinajstić information content (AvgIpc) is 2.63. The number of rotatable bonds is 5. The molecular weight excluding hydrogens is 250 g/mol. The van der Waals surface area contributed by atoms with E-state index in [4.69, 9.17) is 5.73 Å². The standard InChI is InChI=1S/C13H23N3O.ClH/c1-10(2)8-13(3,9-14)15-12(17)11-6-5-7-16(11)4;/h5-7,10H,8-9,14H2,1-4H3,(H,15,17);1H. The summed E-state index contributed by atoms with van der Waals surface area (Å²) < 4.78 is 1.81. The van der Waals surface area contributed by atoms with Crippen LogP contribution in [0.15, 0.2) is 18.3 Å². The molecule has 0 aromatic carbocycles. The van der Waals surface area contributed by atoms with E-state index in [1.807, 2.05) is 36.9 Å². The van der Waals surface area contributed by atoms with Gasteiger partial charge in [-0.05, 0) is 31.4 Å². The van der Waals surface area contributed by atoms with Gasteiger partial charge < -0.3 is 15.6 Å². The van der Waals surface area contributed by atoms with Crippen LogP contribution in [0.25, 0.3) is 0 Å². The van der Waals surface area contributed by atoms with E-state index >= 15 is 0 Å². The lowest BCUT2D eigenvalue weighted by Crippen LogP contribution is -2.52. The van der Waals surface area contributed by atoms with Crippen LogP contribution in [0.4, 0.5) is 0 Å². The fourth-order valence-corrected chi connectivity index (χ4v) is 2.12. The Kier molecular flexibility index (Phi) is 6.43. The summed E-state index contributed by atoms with van der Waals surface area (Å²) in [6.45, 7) is 6.69. The maximum atomic E-state index is 12.1. The molecule has 0 aliphatic heterocycles. The van der Waals surface area contributed by atoms with Crippen molar-refractivity contribution in [1.29, 1.82) is 0 Å². The first-order valence-corrected chi connectivity index (χ1v) is 6.02. The average molecular weight is 274 g/mol. The lowest BCUT2D eigenvalue weighted by molar-refractivity contribution is 0.0890. The van der Waals surface area contributed by atoms with Crippen LogP contribution in [0.3, 0.4) is 0 Å². The van der Waals surface area contributed by atoms with Crippen LogP contribution in [-0.4, -0.2) is 22.6 Å². The number of halogens is 1. The Hall–Kier alpha value is -1.00. The van der Waals surface area contributed by atoms with Gasteiger partial charge in [-0.25, -0.2) is 0 Å². The smallest absolute Gasteiger partial charge is 0.268 e. The molecule has 0 aliphatic rings. The first-order valence-electron chi connectivity index (χ1n) is 6.02. The van der Waals surface area contributed by atoms with E-state index < -0.39 is 0 Å². The molecule has 0 saturated heterocycles. The topological polar surface area (TPSA) is 60.0 Å². The minimum Gasteiger partial charge on any atom is -0.347 e. The van der Waals surface area contributed by atoms with Crippen molar-refractivity contribution in [2.24, 2.45) is 18.7 Å². The van der Waals surface area contributed by atoms with Gasteiger partial charge in [0.05, 0.1) is 5.54 Å². The van der Waals surface area contributed by atoms with Crippen molar-refractivity contribution < 1.29 is 4.79 Å². The third-order valence-electron chi connectivity index (χ3n) is 2.90. The second-order valence-electron chi connectivity index (χ2n) is 5.32. The summed E-state index contributed by atoms with van der Waals surface area (Å²) in [6.07, 6.45) is 2.73. The van der Waals surface area contributed by atoms with Crippen LogP contribution in [0.1, 0.15) is 37.7 Å². The molecule has 0 saturated carbocycles. The number of hydrogen-bond donors (Lipinski definition) is 2. The second kappa shape index (κ2) is 6.81. The molecular formula is C13H24ClN3O. The number of aromatic nitrogens is 1. The predicted octanol–water partition coefficient (Wildman–Crippen LogP) is 1.94. The fraction of sp³-hybridized carbons (Fsp3) is 0.615. The molecule has 18 heavy (non-hydrogen) atoms. The van der Waals surface area contributed by atoms with Gasteiger partial charge in [0, 0.05) is 19.8 Å². The highest BCUT2D eigenvalue weighted by Gasteiger charge is 2.26. The van der Waals surface area contributed by atoms with Crippen LogP contribution in [0.5, 0.6) is 0 Å². The normalized spacial score (nSPS) is 13.9. The number of amides is 1. The van der Waals surface area contributed by atoms with Crippen molar-refractivity contribution in [1.82, 2.24) is 9.88 Å². The Bertz CT molecular complexity index is 389. The predicted molar refractivity (Wildman–Crippen MR) is 77.0 cm³/mol. The summed E-state index contributed by atoms with van der Waals surface area (Å²) in [4.78, 5) is 12.1. The largest absolute Gasteiger partial charge is 0.347 e. The Balaban J connectivity index is 0.00000289. The van der Waals surface area contributed by atoms with Gasteiger partial charge in [0.25, 0.3) is 5.91 Å². The van der Waals surface area contributed by atoms with Gasteiger partial charge >= 0.3 is 0 Å². The lowest BCUT2D eigenvalue weighted by Gasteiger charge is -2.31. The number of aryl methyl sites for hydroxylation is 1. The second-order valence-corrected chi connectivity index (χ2v) is 5.32.